The second-order valence-electron chi connectivity index (χ2n) is 10.4. The van der Waals surface area contributed by atoms with E-state index in [2.05, 4.69) is 15.2 Å². The van der Waals surface area contributed by atoms with E-state index in [4.69, 9.17) is 4.74 Å². The van der Waals surface area contributed by atoms with Crippen molar-refractivity contribution >= 4 is 29.1 Å². The van der Waals surface area contributed by atoms with E-state index in [-0.39, 0.29) is 52.7 Å². The summed E-state index contributed by atoms with van der Waals surface area (Å²) in [6.07, 6.45) is 1.36. The number of nitrogens with one attached hydrogen (secondary N) is 1. The van der Waals surface area contributed by atoms with Gasteiger partial charge in [0.2, 0.25) is 5.91 Å². The molecule has 0 spiro atoms. The number of aromatic nitrogens is 2. The number of nitrogens with zero attached hydrogens (tertiary/aromatic N) is 5. The zero-order valence-corrected chi connectivity index (χ0v) is 26.0. The molecule has 0 radical (unpaired) electrons. The highest BCUT2D eigenvalue weighted by atomic mass is 19.3. The van der Waals surface area contributed by atoms with Crippen molar-refractivity contribution in [3.8, 4) is 11.8 Å². The number of nitriles is 1. The second kappa shape index (κ2) is 14.6. The first-order chi connectivity index (χ1) is 22.4. The number of anilines is 2. The number of carbonyl (C=O) groups excluding carboxylic acids is 3. The summed E-state index contributed by atoms with van der Waals surface area (Å²) in [7, 11) is 6.31. The largest absolute Gasteiger partial charge is 0.495 e. The van der Waals surface area contributed by atoms with Crippen molar-refractivity contribution in [2.45, 2.75) is 12.5 Å². The van der Waals surface area contributed by atoms with Crippen LogP contribution in [0.1, 0.15) is 37.5 Å². The number of halogens is 3. The van der Waals surface area contributed by atoms with Crippen LogP contribution in [-0.2, 0) is 22.0 Å². The molecule has 3 amide bonds. The molecule has 47 heavy (non-hydrogen) atoms. The maximum atomic E-state index is 15.0. The number of carbonyl (C=O) groups is 3. The third-order valence-electron chi connectivity index (χ3n) is 7.17. The number of fused-ring (bicyclic) bond motifs is 1. The summed E-state index contributed by atoms with van der Waals surface area (Å²) < 4.78 is 54.2. The first-order valence-corrected chi connectivity index (χ1v) is 14.1. The fourth-order valence-corrected chi connectivity index (χ4v) is 4.60. The minimum Gasteiger partial charge on any atom is -0.495 e. The van der Waals surface area contributed by atoms with Crippen molar-refractivity contribution in [2.75, 3.05) is 51.7 Å². The topological polar surface area (TPSA) is 130 Å². The third kappa shape index (κ3) is 7.59. The molecule has 11 nitrogen and oxygen atoms in total. The lowest BCUT2D eigenvalue weighted by molar-refractivity contribution is -0.132. The predicted molar refractivity (Wildman–Crippen MR) is 166 cm³/mol. The van der Waals surface area contributed by atoms with Crippen LogP contribution in [-0.4, -0.2) is 73.9 Å². The van der Waals surface area contributed by atoms with Crippen LogP contribution in [0.25, 0.3) is 0 Å². The zero-order valence-electron chi connectivity index (χ0n) is 26.0. The number of hydrogen-bond donors (Lipinski definition) is 1. The Morgan fingerprint density at radius 2 is 1.66 bits per heavy atom. The average molecular weight is 649 g/mol. The lowest BCUT2D eigenvalue weighted by atomic mass is 10.00. The van der Waals surface area contributed by atoms with Gasteiger partial charge in [-0.2, -0.15) is 19.1 Å². The van der Waals surface area contributed by atoms with Gasteiger partial charge in [-0.1, -0.05) is 12.1 Å². The van der Waals surface area contributed by atoms with Crippen molar-refractivity contribution in [3.05, 3.63) is 107 Å². The van der Waals surface area contributed by atoms with Gasteiger partial charge < -0.3 is 24.6 Å². The molecule has 0 atom stereocenters. The molecule has 5 rings (SSSR count). The molecule has 0 saturated heterocycles. The van der Waals surface area contributed by atoms with Crippen LogP contribution in [0.15, 0.2) is 72.9 Å². The van der Waals surface area contributed by atoms with Crippen LogP contribution in [0.3, 0.4) is 0 Å². The average Bonchev–Trinajstić information content (AvgIpc) is 3.48. The van der Waals surface area contributed by atoms with Crippen molar-refractivity contribution in [1.29, 1.82) is 5.26 Å². The summed E-state index contributed by atoms with van der Waals surface area (Å²) in [4.78, 5) is 39.7. The SMILES string of the molecule is COCC(=O)N(C)C.COc1ccc(C(=O)Nc2cnn3c2C(=O)N(c2ccc(C(F)(F)c4ccc(F)cc4)cc2)CC3)cc1C#N. The zero-order chi connectivity index (χ0) is 34.3. The van der Waals surface area contributed by atoms with Gasteiger partial charge in [-0.25, -0.2) is 4.39 Å². The molecule has 1 aromatic heterocycles. The molecule has 3 aromatic carbocycles. The Balaban J connectivity index is 0.000000555. The van der Waals surface area contributed by atoms with Crippen molar-refractivity contribution in [2.24, 2.45) is 0 Å². The Kier molecular flexibility index (Phi) is 10.6. The number of amides is 3. The standard InChI is InChI=1S/C28H20F3N5O3.C5H11NO2/c1-39-24-11-2-17(14-18(24)15-32)26(37)34-23-16-33-36-13-12-35(27(38)25(23)36)22-9-5-20(6-10-22)28(30,31)19-3-7-21(29)8-4-19;1-6(2)5(7)4-8-3/h2-11,14,16H,12-13H2,1H3,(H,34,37);4H2,1-3H3. The third-order valence-corrected chi connectivity index (χ3v) is 7.17. The van der Waals surface area contributed by atoms with E-state index in [0.717, 1.165) is 24.3 Å². The lowest BCUT2D eigenvalue weighted by Crippen LogP contribution is -2.41. The van der Waals surface area contributed by atoms with Gasteiger partial charge in [-0.3, -0.25) is 19.1 Å². The first kappa shape index (κ1) is 34.2. The molecule has 1 aliphatic rings. The molecule has 1 N–H and O–H groups in total. The molecule has 0 fully saturated rings. The van der Waals surface area contributed by atoms with Gasteiger partial charge in [-0.15, -0.1) is 0 Å². The molecule has 4 aromatic rings. The van der Waals surface area contributed by atoms with Crippen LogP contribution >= 0.6 is 0 Å². The number of alkyl halides is 2. The number of methoxy groups -OCH3 is 2. The highest BCUT2D eigenvalue weighted by Crippen LogP contribution is 2.37. The maximum absolute atomic E-state index is 15.0. The number of rotatable bonds is 8. The van der Waals surface area contributed by atoms with E-state index < -0.39 is 23.6 Å². The number of likely N-dealkylation sites (N-methyl/N-ethyl adjacent to an activating group) is 1. The molecular weight excluding hydrogens is 617 g/mol. The van der Waals surface area contributed by atoms with Gasteiger partial charge in [0.15, 0.2) is 0 Å². The van der Waals surface area contributed by atoms with E-state index in [1.54, 1.807) is 14.1 Å². The Morgan fingerprint density at radius 1 is 1.02 bits per heavy atom. The Morgan fingerprint density at radius 3 is 2.21 bits per heavy atom. The van der Waals surface area contributed by atoms with E-state index in [1.165, 1.54) is 77.4 Å². The quantitative estimate of drug-likeness (QED) is 0.294. The lowest BCUT2D eigenvalue weighted by Gasteiger charge is -2.28. The van der Waals surface area contributed by atoms with Crippen LogP contribution in [0.4, 0.5) is 24.5 Å². The molecule has 14 heteroatoms. The first-order valence-electron chi connectivity index (χ1n) is 14.1. The number of benzene rings is 3. The second-order valence-corrected chi connectivity index (χ2v) is 10.4. The molecule has 0 unspecified atom stereocenters. The van der Waals surface area contributed by atoms with Gasteiger partial charge in [0.05, 0.1) is 31.1 Å². The summed E-state index contributed by atoms with van der Waals surface area (Å²) in [5.41, 5.74) is 0.387. The van der Waals surface area contributed by atoms with Crippen LogP contribution in [0.2, 0.25) is 0 Å². The highest BCUT2D eigenvalue weighted by molar-refractivity contribution is 6.13. The molecule has 244 valence electrons. The molecule has 0 bridgehead atoms. The van der Waals surface area contributed by atoms with Crippen molar-refractivity contribution in [3.63, 3.8) is 0 Å². The fourth-order valence-electron chi connectivity index (χ4n) is 4.60. The van der Waals surface area contributed by atoms with Crippen LogP contribution < -0.4 is 15.0 Å². The molecule has 2 heterocycles. The van der Waals surface area contributed by atoms with E-state index in [9.17, 15) is 32.8 Å². The summed E-state index contributed by atoms with van der Waals surface area (Å²) in [6.45, 7) is 0.719. The van der Waals surface area contributed by atoms with Crippen LogP contribution in [0, 0.1) is 17.1 Å². The van der Waals surface area contributed by atoms with Gasteiger partial charge in [0.25, 0.3) is 17.7 Å². The van der Waals surface area contributed by atoms with E-state index in [0.29, 0.717) is 18.0 Å². The monoisotopic (exact) mass is 648 g/mol. The van der Waals surface area contributed by atoms with Gasteiger partial charge in [-0.05, 0) is 54.6 Å². The Bertz CT molecular complexity index is 1800. The Hall–Kier alpha value is -5.68. The summed E-state index contributed by atoms with van der Waals surface area (Å²) in [5, 5.41) is 16.1. The highest BCUT2D eigenvalue weighted by Gasteiger charge is 2.35. The molecule has 1 aliphatic heterocycles. The summed E-state index contributed by atoms with van der Waals surface area (Å²) >= 11 is 0. The van der Waals surface area contributed by atoms with Crippen molar-refractivity contribution in [1.82, 2.24) is 14.7 Å². The molecule has 0 aliphatic carbocycles. The summed E-state index contributed by atoms with van der Waals surface area (Å²) in [5.74, 6) is -4.68. The predicted octanol–water partition coefficient (Wildman–Crippen LogP) is 4.68. The Labute approximate surface area is 268 Å². The van der Waals surface area contributed by atoms with Gasteiger partial charge in [0.1, 0.15) is 29.9 Å². The normalized spacial score (nSPS) is 12.3. The van der Waals surface area contributed by atoms with E-state index >= 15 is 0 Å². The fraction of sp³-hybridized carbons (Fsp3) is 0.242. The van der Waals surface area contributed by atoms with Gasteiger partial charge >= 0.3 is 0 Å². The molecule has 0 saturated carbocycles. The van der Waals surface area contributed by atoms with Crippen molar-refractivity contribution < 1.29 is 37.0 Å². The van der Waals surface area contributed by atoms with Gasteiger partial charge in [0, 0.05) is 50.1 Å². The minimum atomic E-state index is -3.36. The molecular formula is C33H31F3N6O5. The summed E-state index contributed by atoms with van der Waals surface area (Å²) in [6, 6.07) is 15.6. The maximum Gasteiger partial charge on any atom is 0.298 e. The minimum absolute atomic E-state index is 0.00694. The number of ether oxygens (including phenoxy) is 2. The number of hydrogen-bond acceptors (Lipinski definition) is 7. The van der Waals surface area contributed by atoms with E-state index in [1.807, 2.05) is 6.07 Å². The van der Waals surface area contributed by atoms with Crippen LogP contribution in [0.5, 0.6) is 5.75 Å². The smallest absolute Gasteiger partial charge is 0.298 e.